The van der Waals surface area contributed by atoms with Crippen molar-refractivity contribution >= 4 is 12.0 Å². The van der Waals surface area contributed by atoms with Gasteiger partial charge in [0.25, 0.3) is 0 Å². The van der Waals surface area contributed by atoms with Gasteiger partial charge in [0.2, 0.25) is 0 Å². The van der Waals surface area contributed by atoms with E-state index in [1.807, 2.05) is 13.8 Å². The van der Waals surface area contributed by atoms with Crippen molar-refractivity contribution in [2.75, 3.05) is 0 Å². The number of aliphatic imine (C=N–C) groups is 1. The molecule has 0 spiro atoms. The molecule has 0 fully saturated rings. The van der Waals surface area contributed by atoms with Crippen molar-refractivity contribution in [1.29, 1.82) is 0 Å². The van der Waals surface area contributed by atoms with Gasteiger partial charge in [-0.15, -0.1) is 0 Å². The second-order valence-electron chi connectivity index (χ2n) is 2.20. The van der Waals surface area contributed by atoms with E-state index < -0.39 is 0 Å². The minimum Gasteiger partial charge on any atom is -0.292 e. The Morgan fingerprint density at radius 1 is 1.78 bits per heavy atom. The summed E-state index contributed by atoms with van der Waals surface area (Å²) in [5, 5.41) is 0. The van der Waals surface area contributed by atoms with Gasteiger partial charge in [-0.3, -0.25) is 9.79 Å². The Kier molecular flexibility index (Phi) is 1.47. The van der Waals surface area contributed by atoms with Crippen molar-refractivity contribution in [1.82, 2.24) is 0 Å². The topological polar surface area (TPSA) is 29.4 Å². The summed E-state index contributed by atoms with van der Waals surface area (Å²) in [6.45, 7) is 3.75. The summed E-state index contributed by atoms with van der Waals surface area (Å²) in [7, 11) is 0. The maximum absolute atomic E-state index is 10.8. The highest BCUT2D eigenvalue weighted by atomic mass is 16.1. The number of nitrogens with zero attached hydrogens (tertiary/aromatic N) is 1. The van der Waals surface area contributed by atoms with Crippen molar-refractivity contribution < 1.29 is 4.79 Å². The summed E-state index contributed by atoms with van der Waals surface area (Å²) < 4.78 is 0. The number of Topliss-reactive ketones (excluding diaryl/α,β-unsaturated/α-hetero) is 1. The fraction of sp³-hybridized carbons (Fsp3) is 0.429. The zero-order chi connectivity index (χ0) is 6.85. The van der Waals surface area contributed by atoms with Crippen LogP contribution in [0.3, 0.4) is 0 Å². The average Bonchev–Trinajstić information content (AvgIpc) is 1.83. The van der Waals surface area contributed by atoms with Crippen LogP contribution < -0.4 is 0 Å². The molecule has 0 bridgehead atoms. The summed E-state index contributed by atoms with van der Waals surface area (Å²) in [5.41, 5.74) is 1.01. The van der Waals surface area contributed by atoms with E-state index in [0.717, 1.165) is 5.57 Å². The van der Waals surface area contributed by atoms with Crippen LogP contribution in [0.4, 0.5) is 0 Å². The van der Waals surface area contributed by atoms with Crippen molar-refractivity contribution in [2.45, 2.75) is 13.8 Å². The van der Waals surface area contributed by atoms with E-state index >= 15 is 0 Å². The first-order chi connectivity index (χ1) is 4.22. The molecule has 1 aliphatic rings. The van der Waals surface area contributed by atoms with E-state index in [4.69, 9.17) is 0 Å². The Bertz CT molecular complexity index is 191. The number of allylic oxidation sites excluding steroid dienone is 1. The summed E-state index contributed by atoms with van der Waals surface area (Å²) in [6, 6.07) is 0. The number of carbonyl (C=O) groups excluding carboxylic acids is 1. The molecule has 0 saturated carbocycles. The fourth-order valence-corrected chi connectivity index (χ4v) is 0.613. The van der Waals surface area contributed by atoms with Crippen LogP contribution in [0.25, 0.3) is 0 Å². The van der Waals surface area contributed by atoms with Gasteiger partial charge in [-0.2, -0.15) is 0 Å². The average molecular weight is 122 g/mol. The van der Waals surface area contributed by atoms with Crippen LogP contribution in [-0.4, -0.2) is 12.0 Å². The van der Waals surface area contributed by atoms with Gasteiger partial charge in [-0.1, -0.05) is 6.92 Å². The SMILES string of the molecule is CC1=CN=[C]C(=O)C1C. The minimum absolute atomic E-state index is 0.0116. The van der Waals surface area contributed by atoms with E-state index in [9.17, 15) is 4.79 Å². The minimum atomic E-state index is -0.0185. The Balaban J connectivity index is 2.86. The molecule has 1 heterocycles. The van der Waals surface area contributed by atoms with Gasteiger partial charge in [0.15, 0.2) is 5.78 Å². The van der Waals surface area contributed by atoms with Crippen molar-refractivity contribution in [3.8, 4) is 0 Å². The number of hydrogen-bond acceptors (Lipinski definition) is 2. The molecular formula is C7H8NO. The molecule has 1 aliphatic heterocycles. The Labute approximate surface area is 54.3 Å². The summed E-state index contributed by atoms with van der Waals surface area (Å²) in [4.78, 5) is 14.4. The van der Waals surface area contributed by atoms with Crippen LogP contribution in [0.1, 0.15) is 13.8 Å². The van der Waals surface area contributed by atoms with Gasteiger partial charge < -0.3 is 0 Å². The third-order valence-corrected chi connectivity index (χ3v) is 1.52. The molecule has 2 nitrogen and oxygen atoms in total. The normalized spacial score (nSPS) is 26.2. The lowest BCUT2D eigenvalue weighted by atomic mass is 9.98. The first-order valence-electron chi connectivity index (χ1n) is 2.88. The molecule has 0 amide bonds. The van der Waals surface area contributed by atoms with E-state index in [2.05, 4.69) is 11.2 Å². The highest BCUT2D eigenvalue weighted by Gasteiger charge is 2.15. The molecule has 0 aromatic carbocycles. The highest BCUT2D eigenvalue weighted by molar-refractivity contribution is 6.29. The van der Waals surface area contributed by atoms with Gasteiger partial charge in [0.1, 0.15) is 6.21 Å². The Hall–Kier alpha value is -0.920. The second-order valence-corrected chi connectivity index (χ2v) is 2.20. The molecule has 0 aromatic rings. The third-order valence-electron chi connectivity index (χ3n) is 1.52. The van der Waals surface area contributed by atoms with Gasteiger partial charge in [-0.05, 0) is 12.5 Å². The number of rotatable bonds is 0. The zero-order valence-electron chi connectivity index (χ0n) is 5.51. The molecule has 0 aliphatic carbocycles. The Morgan fingerprint density at radius 3 is 2.89 bits per heavy atom. The molecule has 9 heavy (non-hydrogen) atoms. The molecule has 0 aromatic heterocycles. The van der Waals surface area contributed by atoms with Gasteiger partial charge in [0, 0.05) is 12.1 Å². The van der Waals surface area contributed by atoms with Crippen molar-refractivity contribution in [2.24, 2.45) is 10.9 Å². The van der Waals surface area contributed by atoms with Crippen LogP contribution in [-0.2, 0) is 4.79 Å². The number of hydrogen-bond donors (Lipinski definition) is 0. The Morgan fingerprint density at radius 2 is 2.44 bits per heavy atom. The van der Waals surface area contributed by atoms with Gasteiger partial charge >= 0.3 is 0 Å². The summed E-state index contributed by atoms with van der Waals surface area (Å²) in [5.74, 6) is -0.0301. The van der Waals surface area contributed by atoms with E-state index in [1.54, 1.807) is 6.20 Å². The van der Waals surface area contributed by atoms with Crippen LogP contribution in [0.5, 0.6) is 0 Å². The van der Waals surface area contributed by atoms with Gasteiger partial charge in [-0.25, -0.2) is 0 Å². The smallest absolute Gasteiger partial charge is 0.190 e. The van der Waals surface area contributed by atoms with E-state index in [-0.39, 0.29) is 11.7 Å². The second kappa shape index (κ2) is 2.13. The molecular weight excluding hydrogens is 114 g/mol. The molecule has 47 valence electrons. The first kappa shape index (κ1) is 6.20. The lowest BCUT2D eigenvalue weighted by molar-refractivity contribution is -0.114. The lowest BCUT2D eigenvalue weighted by Gasteiger charge is -2.08. The van der Waals surface area contributed by atoms with Crippen molar-refractivity contribution in [3.63, 3.8) is 0 Å². The van der Waals surface area contributed by atoms with Crippen LogP contribution in [0, 0.1) is 5.92 Å². The molecule has 0 N–H and O–H groups in total. The molecule has 2 heteroatoms. The molecule has 1 radical (unpaired) electrons. The highest BCUT2D eigenvalue weighted by Crippen LogP contribution is 2.12. The zero-order valence-corrected chi connectivity index (χ0v) is 5.51. The monoisotopic (exact) mass is 122 g/mol. The predicted molar refractivity (Wildman–Crippen MR) is 35.4 cm³/mol. The molecule has 1 atom stereocenters. The van der Waals surface area contributed by atoms with Crippen LogP contribution in [0.2, 0.25) is 0 Å². The maximum atomic E-state index is 10.8. The number of carbonyl (C=O) groups is 1. The largest absolute Gasteiger partial charge is 0.292 e. The van der Waals surface area contributed by atoms with Crippen LogP contribution >= 0.6 is 0 Å². The van der Waals surface area contributed by atoms with Crippen LogP contribution in [0.15, 0.2) is 16.8 Å². The van der Waals surface area contributed by atoms with Gasteiger partial charge in [0.05, 0.1) is 0 Å². The molecule has 0 saturated heterocycles. The third kappa shape index (κ3) is 1.07. The maximum Gasteiger partial charge on any atom is 0.190 e. The first-order valence-corrected chi connectivity index (χ1v) is 2.88. The van der Waals surface area contributed by atoms with E-state index in [1.165, 1.54) is 0 Å². The predicted octanol–water partition coefficient (Wildman–Crippen LogP) is 1.06. The summed E-state index contributed by atoms with van der Waals surface area (Å²) >= 11 is 0. The quantitative estimate of drug-likeness (QED) is 0.472. The molecule has 1 unspecified atom stereocenters. The van der Waals surface area contributed by atoms with Crippen molar-refractivity contribution in [3.05, 3.63) is 11.8 Å². The fourth-order valence-electron chi connectivity index (χ4n) is 0.613. The standard InChI is InChI=1S/C7H8NO/c1-5-3-8-4-7(9)6(5)2/h3,6H,1-2H3. The lowest BCUT2D eigenvalue weighted by Crippen LogP contribution is -2.15. The number of ketones is 1. The van der Waals surface area contributed by atoms with E-state index in [0.29, 0.717) is 0 Å². The summed E-state index contributed by atoms with van der Waals surface area (Å²) in [6.07, 6.45) is 4.04. The molecule has 1 rings (SSSR count).